The fourth-order valence-corrected chi connectivity index (χ4v) is 1.99. The Hall–Kier alpha value is -1.39. The molecule has 0 radical (unpaired) electrons. The van der Waals surface area contributed by atoms with Gasteiger partial charge in [-0.05, 0) is 23.1 Å². The maximum atomic E-state index is 11.3. The first-order chi connectivity index (χ1) is 9.29. The SMILES string of the molecule is COCc1cc(C(C)(C)C)cc(COC)c1OC(C)=O. The monoisotopic (exact) mass is 280 g/mol. The number of esters is 1. The van der Waals surface area contributed by atoms with Crippen LogP contribution in [0.5, 0.6) is 5.75 Å². The summed E-state index contributed by atoms with van der Waals surface area (Å²) in [7, 11) is 3.24. The molecule has 0 spiro atoms. The Morgan fingerprint density at radius 1 is 1.05 bits per heavy atom. The molecular formula is C16H24O4. The molecule has 0 fully saturated rings. The molecule has 0 heterocycles. The number of hydrogen-bond acceptors (Lipinski definition) is 4. The molecule has 0 bridgehead atoms. The van der Waals surface area contributed by atoms with E-state index >= 15 is 0 Å². The van der Waals surface area contributed by atoms with Gasteiger partial charge in [-0.3, -0.25) is 4.79 Å². The van der Waals surface area contributed by atoms with E-state index < -0.39 is 0 Å². The summed E-state index contributed by atoms with van der Waals surface area (Å²) < 4.78 is 15.8. The predicted molar refractivity (Wildman–Crippen MR) is 77.9 cm³/mol. The quantitative estimate of drug-likeness (QED) is 0.613. The summed E-state index contributed by atoms with van der Waals surface area (Å²) >= 11 is 0. The lowest BCUT2D eigenvalue weighted by molar-refractivity contribution is -0.132. The Balaban J connectivity index is 3.40. The standard InChI is InChI=1S/C16H24O4/c1-11(17)20-15-12(9-18-5)7-14(16(2,3)4)8-13(15)10-19-6/h7-8H,9-10H2,1-6H3. The second-order valence-electron chi connectivity index (χ2n) is 5.83. The minimum Gasteiger partial charge on any atom is -0.426 e. The minimum atomic E-state index is -0.344. The van der Waals surface area contributed by atoms with Crippen molar-refractivity contribution in [2.75, 3.05) is 14.2 Å². The van der Waals surface area contributed by atoms with Crippen molar-refractivity contribution in [3.63, 3.8) is 0 Å². The van der Waals surface area contributed by atoms with Gasteiger partial charge in [0.15, 0.2) is 0 Å². The maximum absolute atomic E-state index is 11.3. The Morgan fingerprint density at radius 3 is 1.80 bits per heavy atom. The molecule has 0 atom stereocenters. The van der Waals surface area contributed by atoms with E-state index in [0.29, 0.717) is 19.0 Å². The molecule has 0 aromatic heterocycles. The van der Waals surface area contributed by atoms with Crippen LogP contribution in [0.4, 0.5) is 0 Å². The smallest absolute Gasteiger partial charge is 0.308 e. The average Bonchev–Trinajstić information content (AvgIpc) is 2.31. The Morgan fingerprint density at radius 2 is 1.50 bits per heavy atom. The summed E-state index contributed by atoms with van der Waals surface area (Å²) in [4.78, 5) is 11.3. The molecule has 0 aliphatic carbocycles. The molecule has 20 heavy (non-hydrogen) atoms. The summed E-state index contributed by atoms with van der Waals surface area (Å²) in [6, 6.07) is 4.06. The molecule has 4 heteroatoms. The van der Waals surface area contributed by atoms with Crippen LogP contribution in [0.15, 0.2) is 12.1 Å². The van der Waals surface area contributed by atoms with Crippen molar-refractivity contribution in [2.24, 2.45) is 0 Å². The largest absolute Gasteiger partial charge is 0.426 e. The van der Waals surface area contributed by atoms with E-state index in [0.717, 1.165) is 16.7 Å². The summed E-state index contributed by atoms with van der Waals surface area (Å²) in [5, 5.41) is 0. The van der Waals surface area contributed by atoms with Gasteiger partial charge in [0.25, 0.3) is 0 Å². The Kier molecular flexibility index (Phi) is 5.72. The third-order valence-electron chi connectivity index (χ3n) is 2.95. The zero-order chi connectivity index (χ0) is 15.3. The first-order valence-corrected chi connectivity index (χ1v) is 6.62. The minimum absolute atomic E-state index is 0.000261. The molecule has 0 amide bonds. The second-order valence-corrected chi connectivity index (χ2v) is 5.83. The fraction of sp³-hybridized carbons (Fsp3) is 0.562. The van der Waals surface area contributed by atoms with Crippen molar-refractivity contribution < 1.29 is 19.0 Å². The molecule has 0 saturated heterocycles. The summed E-state index contributed by atoms with van der Waals surface area (Å²) in [5.41, 5.74) is 2.89. The molecule has 0 aliphatic heterocycles. The molecule has 1 rings (SSSR count). The normalized spacial score (nSPS) is 11.5. The lowest BCUT2D eigenvalue weighted by Gasteiger charge is -2.23. The van der Waals surface area contributed by atoms with E-state index in [1.807, 2.05) is 12.1 Å². The van der Waals surface area contributed by atoms with E-state index in [-0.39, 0.29) is 11.4 Å². The van der Waals surface area contributed by atoms with Crippen LogP contribution in [-0.4, -0.2) is 20.2 Å². The number of rotatable bonds is 5. The molecule has 0 saturated carbocycles. The van der Waals surface area contributed by atoms with E-state index in [4.69, 9.17) is 14.2 Å². The van der Waals surface area contributed by atoms with Gasteiger partial charge in [-0.25, -0.2) is 0 Å². The zero-order valence-electron chi connectivity index (χ0n) is 13.2. The van der Waals surface area contributed by atoms with Crippen LogP contribution < -0.4 is 4.74 Å². The van der Waals surface area contributed by atoms with Gasteiger partial charge in [-0.2, -0.15) is 0 Å². The van der Waals surface area contributed by atoms with E-state index in [1.54, 1.807) is 14.2 Å². The van der Waals surface area contributed by atoms with Gasteiger partial charge in [0.2, 0.25) is 0 Å². The highest BCUT2D eigenvalue weighted by atomic mass is 16.5. The predicted octanol–water partition coefficient (Wildman–Crippen LogP) is 3.20. The lowest BCUT2D eigenvalue weighted by Crippen LogP contribution is -2.15. The third kappa shape index (κ3) is 4.32. The topological polar surface area (TPSA) is 44.8 Å². The van der Waals surface area contributed by atoms with Gasteiger partial charge < -0.3 is 14.2 Å². The van der Waals surface area contributed by atoms with Crippen molar-refractivity contribution in [2.45, 2.75) is 46.3 Å². The van der Waals surface area contributed by atoms with Crippen molar-refractivity contribution in [1.82, 2.24) is 0 Å². The number of methoxy groups -OCH3 is 2. The third-order valence-corrected chi connectivity index (χ3v) is 2.95. The second kappa shape index (κ2) is 6.86. The molecule has 0 N–H and O–H groups in total. The van der Waals surface area contributed by atoms with Crippen molar-refractivity contribution >= 4 is 5.97 Å². The Bertz CT molecular complexity index is 445. The van der Waals surface area contributed by atoms with Crippen LogP contribution in [0.1, 0.15) is 44.4 Å². The van der Waals surface area contributed by atoms with Crippen LogP contribution in [0.25, 0.3) is 0 Å². The van der Waals surface area contributed by atoms with Crippen LogP contribution in [-0.2, 0) is 32.9 Å². The van der Waals surface area contributed by atoms with Gasteiger partial charge in [-0.1, -0.05) is 20.8 Å². The summed E-state index contributed by atoms with van der Waals surface area (Å²) in [6.45, 7) is 8.60. The fourth-order valence-electron chi connectivity index (χ4n) is 1.99. The number of carbonyl (C=O) groups excluding carboxylic acids is 1. The molecule has 0 unspecified atom stereocenters. The van der Waals surface area contributed by atoms with Gasteiger partial charge in [0.1, 0.15) is 5.75 Å². The molecule has 112 valence electrons. The highest BCUT2D eigenvalue weighted by Gasteiger charge is 2.20. The van der Waals surface area contributed by atoms with Gasteiger partial charge >= 0.3 is 5.97 Å². The Labute approximate surface area is 121 Å². The van der Waals surface area contributed by atoms with Gasteiger partial charge in [0, 0.05) is 32.3 Å². The summed E-state index contributed by atoms with van der Waals surface area (Å²) in [6.07, 6.45) is 0. The average molecular weight is 280 g/mol. The first-order valence-electron chi connectivity index (χ1n) is 6.62. The van der Waals surface area contributed by atoms with Crippen molar-refractivity contribution in [1.29, 1.82) is 0 Å². The van der Waals surface area contributed by atoms with Crippen molar-refractivity contribution in [3.05, 3.63) is 28.8 Å². The summed E-state index contributed by atoms with van der Waals surface area (Å²) in [5.74, 6) is 0.206. The van der Waals surface area contributed by atoms with Gasteiger partial charge in [-0.15, -0.1) is 0 Å². The maximum Gasteiger partial charge on any atom is 0.308 e. The lowest BCUT2D eigenvalue weighted by atomic mass is 9.84. The molecule has 1 aromatic rings. The highest BCUT2D eigenvalue weighted by molar-refractivity contribution is 5.70. The first kappa shape index (κ1) is 16.7. The number of ether oxygens (including phenoxy) is 3. The number of hydrogen-bond donors (Lipinski definition) is 0. The van der Waals surface area contributed by atoms with Crippen LogP contribution in [0.2, 0.25) is 0 Å². The zero-order valence-corrected chi connectivity index (χ0v) is 13.2. The molecule has 1 aromatic carbocycles. The molecule has 0 aliphatic rings. The van der Waals surface area contributed by atoms with E-state index in [2.05, 4.69) is 20.8 Å². The van der Waals surface area contributed by atoms with E-state index in [9.17, 15) is 4.79 Å². The number of carbonyl (C=O) groups is 1. The number of benzene rings is 1. The van der Waals surface area contributed by atoms with Crippen LogP contribution in [0, 0.1) is 0 Å². The molecular weight excluding hydrogens is 256 g/mol. The van der Waals surface area contributed by atoms with Crippen LogP contribution >= 0.6 is 0 Å². The van der Waals surface area contributed by atoms with E-state index in [1.165, 1.54) is 6.92 Å². The molecule has 4 nitrogen and oxygen atoms in total. The van der Waals surface area contributed by atoms with Crippen molar-refractivity contribution in [3.8, 4) is 5.75 Å². The van der Waals surface area contributed by atoms with Gasteiger partial charge in [0.05, 0.1) is 13.2 Å². The van der Waals surface area contributed by atoms with Crippen LogP contribution in [0.3, 0.4) is 0 Å². The highest BCUT2D eigenvalue weighted by Crippen LogP contribution is 2.33.